The molecule has 1 aromatic carbocycles. The highest BCUT2D eigenvalue weighted by molar-refractivity contribution is 7.54. The fourth-order valence-corrected chi connectivity index (χ4v) is 3.35. The van der Waals surface area contributed by atoms with Crippen molar-refractivity contribution in [2.75, 3.05) is 13.2 Å². The summed E-state index contributed by atoms with van der Waals surface area (Å²) in [5.41, 5.74) is 6.13. The van der Waals surface area contributed by atoms with Gasteiger partial charge in [-0.05, 0) is 37.6 Å². The second-order valence-corrected chi connectivity index (χ2v) is 6.11. The summed E-state index contributed by atoms with van der Waals surface area (Å²) in [6.45, 7) is 3.73. The van der Waals surface area contributed by atoms with Crippen LogP contribution in [-0.2, 0) is 13.6 Å². The molecule has 2 N–H and O–H groups in total. The highest BCUT2D eigenvalue weighted by Crippen LogP contribution is 2.58. The zero-order valence-corrected chi connectivity index (χ0v) is 11.9. The summed E-state index contributed by atoms with van der Waals surface area (Å²) in [7, 11) is -3.52. The summed E-state index contributed by atoms with van der Waals surface area (Å²) in [6.07, 6.45) is 0. The van der Waals surface area contributed by atoms with Crippen LogP contribution in [0.4, 0.5) is 4.39 Å². The molecular formula is C11H16ClFNO3P. The molecule has 18 heavy (non-hydrogen) atoms. The van der Waals surface area contributed by atoms with Crippen LogP contribution in [0.2, 0.25) is 5.02 Å². The van der Waals surface area contributed by atoms with E-state index in [1.165, 1.54) is 12.1 Å². The molecule has 0 amide bonds. The van der Waals surface area contributed by atoms with Gasteiger partial charge in [-0.1, -0.05) is 11.6 Å². The Kier molecular flexibility index (Phi) is 5.76. The van der Waals surface area contributed by atoms with Crippen molar-refractivity contribution in [1.82, 2.24) is 0 Å². The molecule has 0 heterocycles. The number of hydrogen-bond acceptors (Lipinski definition) is 4. The lowest BCUT2D eigenvalue weighted by Gasteiger charge is -2.23. The van der Waals surface area contributed by atoms with Crippen LogP contribution in [0, 0.1) is 5.82 Å². The summed E-state index contributed by atoms with van der Waals surface area (Å²) < 4.78 is 35.9. The van der Waals surface area contributed by atoms with Gasteiger partial charge in [-0.2, -0.15) is 0 Å². The lowest BCUT2D eigenvalue weighted by atomic mass is 10.2. The minimum Gasteiger partial charge on any atom is -0.314 e. The predicted octanol–water partition coefficient (Wildman–Crippen LogP) is 3.70. The van der Waals surface area contributed by atoms with E-state index in [9.17, 15) is 8.96 Å². The van der Waals surface area contributed by atoms with Gasteiger partial charge in [0.15, 0.2) is 0 Å². The molecule has 1 aromatic rings. The molecule has 0 fully saturated rings. The van der Waals surface area contributed by atoms with E-state index in [-0.39, 0.29) is 23.8 Å². The average molecular weight is 296 g/mol. The van der Waals surface area contributed by atoms with Gasteiger partial charge in [-0.25, -0.2) is 4.39 Å². The van der Waals surface area contributed by atoms with Gasteiger partial charge in [0.05, 0.1) is 13.2 Å². The first-order chi connectivity index (χ1) is 8.42. The fourth-order valence-electron chi connectivity index (χ4n) is 1.49. The quantitative estimate of drug-likeness (QED) is 0.813. The van der Waals surface area contributed by atoms with Crippen LogP contribution in [-0.4, -0.2) is 13.2 Å². The van der Waals surface area contributed by atoms with Crippen molar-refractivity contribution in [1.29, 1.82) is 0 Å². The van der Waals surface area contributed by atoms with Crippen molar-refractivity contribution in [3.05, 3.63) is 34.6 Å². The molecule has 0 unspecified atom stereocenters. The minimum atomic E-state index is -3.52. The summed E-state index contributed by atoms with van der Waals surface area (Å²) >= 11 is 5.73. The first kappa shape index (κ1) is 15.6. The van der Waals surface area contributed by atoms with E-state index < -0.39 is 19.2 Å². The molecule has 0 radical (unpaired) electrons. The lowest BCUT2D eigenvalue weighted by Crippen LogP contribution is -2.15. The normalized spacial score (nSPS) is 13.6. The minimum absolute atomic E-state index is 0.181. The Balaban J connectivity index is 3.09. The molecule has 1 atom stereocenters. The monoisotopic (exact) mass is 295 g/mol. The lowest BCUT2D eigenvalue weighted by molar-refractivity contribution is 0.212. The molecule has 102 valence electrons. The number of benzene rings is 1. The van der Waals surface area contributed by atoms with Crippen molar-refractivity contribution < 1.29 is 18.0 Å². The van der Waals surface area contributed by atoms with Gasteiger partial charge in [0.1, 0.15) is 11.6 Å². The van der Waals surface area contributed by atoms with Gasteiger partial charge in [-0.15, -0.1) is 0 Å². The molecule has 0 aliphatic heterocycles. The summed E-state index contributed by atoms with van der Waals surface area (Å²) in [4.78, 5) is 0. The van der Waals surface area contributed by atoms with Gasteiger partial charge < -0.3 is 14.8 Å². The van der Waals surface area contributed by atoms with Crippen molar-refractivity contribution in [3.63, 3.8) is 0 Å². The highest BCUT2D eigenvalue weighted by atomic mass is 35.5. The average Bonchev–Trinajstić information content (AvgIpc) is 2.27. The van der Waals surface area contributed by atoms with Crippen LogP contribution in [0.3, 0.4) is 0 Å². The van der Waals surface area contributed by atoms with Crippen molar-refractivity contribution in [2.24, 2.45) is 5.73 Å². The smallest absolute Gasteiger partial charge is 0.314 e. The molecule has 0 aliphatic carbocycles. The van der Waals surface area contributed by atoms with E-state index in [4.69, 9.17) is 26.4 Å². The molecule has 7 heteroatoms. The molecule has 0 aliphatic rings. The standard InChI is InChI=1S/C11H16ClFNO3P/c1-3-16-18(15,17-4-2)11(14)8-5-9(12)7-10(13)6-8/h5-7,11H,3-4,14H2,1-2H3/t11-/m0/s1. The van der Waals surface area contributed by atoms with Crippen LogP contribution in [0.1, 0.15) is 25.2 Å². The Morgan fingerprint density at radius 3 is 2.33 bits per heavy atom. The van der Waals surface area contributed by atoms with E-state index in [1.807, 2.05) is 0 Å². The fraction of sp³-hybridized carbons (Fsp3) is 0.455. The second-order valence-electron chi connectivity index (χ2n) is 3.52. The van der Waals surface area contributed by atoms with Crippen molar-refractivity contribution in [2.45, 2.75) is 19.6 Å². The number of rotatable bonds is 6. The summed E-state index contributed by atoms with van der Waals surface area (Å²) in [5.74, 6) is -1.61. The highest BCUT2D eigenvalue weighted by Gasteiger charge is 2.34. The predicted molar refractivity (Wildman–Crippen MR) is 69.2 cm³/mol. The van der Waals surface area contributed by atoms with Crippen LogP contribution in [0.5, 0.6) is 0 Å². The molecule has 4 nitrogen and oxygen atoms in total. The Labute approximate surface area is 111 Å². The molecule has 0 bridgehead atoms. The van der Waals surface area contributed by atoms with Crippen LogP contribution in [0.15, 0.2) is 18.2 Å². The Morgan fingerprint density at radius 1 is 1.33 bits per heavy atom. The topological polar surface area (TPSA) is 61.5 Å². The third kappa shape index (κ3) is 3.77. The first-order valence-corrected chi connectivity index (χ1v) is 7.52. The molecule has 0 spiro atoms. The number of halogens is 2. The third-order valence-corrected chi connectivity index (χ3v) is 4.62. The first-order valence-electron chi connectivity index (χ1n) is 5.53. The van der Waals surface area contributed by atoms with Gasteiger partial charge in [0, 0.05) is 5.02 Å². The second kappa shape index (κ2) is 6.64. The van der Waals surface area contributed by atoms with Crippen LogP contribution < -0.4 is 5.73 Å². The molecule has 0 saturated carbocycles. The van der Waals surface area contributed by atoms with Crippen LogP contribution >= 0.6 is 19.2 Å². The van der Waals surface area contributed by atoms with E-state index in [0.717, 1.165) is 6.07 Å². The maximum Gasteiger partial charge on any atom is 0.351 e. The van der Waals surface area contributed by atoms with E-state index in [2.05, 4.69) is 0 Å². The zero-order chi connectivity index (χ0) is 13.8. The maximum absolute atomic E-state index is 13.2. The summed E-state index contributed by atoms with van der Waals surface area (Å²) in [6, 6.07) is 3.76. The Hall–Kier alpha value is -0.450. The van der Waals surface area contributed by atoms with E-state index >= 15 is 0 Å². The molecule has 0 aromatic heterocycles. The van der Waals surface area contributed by atoms with Crippen LogP contribution in [0.25, 0.3) is 0 Å². The molecule has 0 saturated heterocycles. The third-order valence-electron chi connectivity index (χ3n) is 2.19. The summed E-state index contributed by atoms with van der Waals surface area (Å²) in [5, 5.41) is 0.181. The van der Waals surface area contributed by atoms with Gasteiger partial charge in [-0.3, -0.25) is 4.57 Å². The number of nitrogens with two attached hydrogens (primary N) is 1. The number of hydrogen-bond donors (Lipinski definition) is 1. The van der Waals surface area contributed by atoms with Crippen molar-refractivity contribution in [3.8, 4) is 0 Å². The molecular weight excluding hydrogens is 280 g/mol. The van der Waals surface area contributed by atoms with E-state index in [1.54, 1.807) is 13.8 Å². The SMILES string of the molecule is CCOP(=O)(OCC)[C@H](N)c1cc(F)cc(Cl)c1. The molecule has 1 rings (SSSR count). The van der Waals surface area contributed by atoms with E-state index in [0.29, 0.717) is 0 Å². The van der Waals surface area contributed by atoms with Crippen molar-refractivity contribution >= 4 is 19.2 Å². The largest absolute Gasteiger partial charge is 0.351 e. The Bertz CT molecular complexity index is 428. The zero-order valence-electron chi connectivity index (χ0n) is 10.2. The maximum atomic E-state index is 13.2. The van der Waals surface area contributed by atoms with Gasteiger partial charge in [0.25, 0.3) is 0 Å². The van der Waals surface area contributed by atoms with Gasteiger partial charge >= 0.3 is 7.60 Å². The Morgan fingerprint density at radius 2 is 1.89 bits per heavy atom. The van der Waals surface area contributed by atoms with Gasteiger partial charge in [0.2, 0.25) is 0 Å².